The Labute approximate surface area is 125 Å². The van der Waals surface area contributed by atoms with Crippen molar-refractivity contribution in [1.29, 1.82) is 0 Å². The van der Waals surface area contributed by atoms with Crippen molar-refractivity contribution < 1.29 is 18.0 Å². The first-order valence-electron chi connectivity index (χ1n) is 6.90. The topological polar surface area (TPSA) is 33.2 Å². The third-order valence-corrected chi connectivity index (χ3v) is 3.66. The highest BCUT2D eigenvalue weighted by molar-refractivity contribution is 6.07. The minimum atomic E-state index is -4.56. The second-order valence-electron chi connectivity index (χ2n) is 5.07. The number of anilines is 1. The average Bonchev–Trinajstić information content (AvgIpc) is 2.53. The number of amides is 1. The van der Waals surface area contributed by atoms with E-state index in [0.717, 1.165) is 18.2 Å². The van der Waals surface area contributed by atoms with Gasteiger partial charge in [0.05, 0.1) is 22.5 Å². The number of carbonyl (C=O) groups excluding carboxylic acids is 1. The van der Waals surface area contributed by atoms with Gasteiger partial charge in [-0.25, -0.2) is 0 Å². The van der Waals surface area contributed by atoms with Crippen LogP contribution < -0.4 is 4.90 Å². The SMILES string of the molecule is O=C(c1ccccc1C(F)(F)F)N1CCCc2ncccc21. The van der Waals surface area contributed by atoms with E-state index in [1.165, 1.54) is 23.1 Å². The predicted octanol–water partition coefficient (Wildman–Crippen LogP) is 3.69. The molecule has 22 heavy (non-hydrogen) atoms. The molecule has 6 heteroatoms. The van der Waals surface area contributed by atoms with E-state index >= 15 is 0 Å². The number of pyridine rings is 1. The quantitative estimate of drug-likeness (QED) is 0.805. The van der Waals surface area contributed by atoms with Gasteiger partial charge in [0.2, 0.25) is 0 Å². The van der Waals surface area contributed by atoms with Gasteiger partial charge in [0.25, 0.3) is 5.91 Å². The zero-order chi connectivity index (χ0) is 15.7. The van der Waals surface area contributed by atoms with Gasteiger partial charge in [-0.3, -0.25) is 9.78 Å². The number of fused-ring (bicyclic) bond motifs is 1. The normalized spacial score (nSPS) is 14.6. The summed E-state index contributed by atoms with van der Waals surface area (Å²) in [6.45, 7) is 0.393. The Hall–Kier alpha value is -2.37. The van der Waals surface area contributed by atoms with Gasteiger partial charge in [0, 0.05) is 12.7 Å². The van der Waals surface area contributed by atoms with Crippen LogP contribution in [0.4, 0.5) is 18.9 Å². The maximum absolute atomic E-state index is 13.1. The lowest BCUT2D eigenvalue weighted by molar-refractivity contribution is -0.137. The summed E-state index contributed by atoms with van der Waals surface area (Å²) < 4.78 is 39.3. The number of hydrogen-bond donors (Lipinski definition) is 0. The van der Waals surface area contributed by atoms with Gasteiger partial charge in [-0.1, -0.05) is 12.1 Å². The van der Waals surface area contributed by atoms with Gasteiger partial charge in [-0.15, -0.1) is 0 Å². The van der Waals surface area contributed by atoms with E-state index in [9.17, 15) is 18.0 Å². The predicted molar refractivity (Wildman–Crippen MR) is 75.7 cm³/mol. The van der Waals surface area contributed by atoms with Crippen molar-refractivity contribution in [2.75, 3.05) is 11.4 Å². The molecule has 0 fully saturated rings. The van der Waals surface area contributed by atoms with Gasteiger partial charge in [0.15, 0.2) is 0 Å². The summed E-state index contributed by atoms with van der Waals surface area (Å²) in [5, 5.41) is 0. The molecular weight excluding hydrogens is 293 g/mol. The number of aromatic nitrogens is 1. The van der Waals surface area contributed by atoms with Crippen LogP contribution in [0.2, 0.25) is 0 Å². The highest BCUT2D eigenvalue weighted by atomic mass is 19.4. The van der Waals surface area contributed by atoms with Crippen LogP contribution in [0.5, 0.6) is 0 Å². The molecule has 1 aliphatic rings. The van der Waals surface area contributed by atoms with E-state index in [1.807, 2.05) is 0 Å². The van der Waals surface area contributed by atoms with Gasteiger partial charge in [0.1, 0.15) is 0 Å². The fourth-order valence-corrected chi connectivity index (χ4v) is 2.67. The summed E-state index contributed by atoms with van der Waals surface area (Å²) in [6, 6.07) is 8.27. The van der Waals surface area contributed by atoms with Crippen LogP contribution in [-0.4, -0.2) is 17.4 Å². The van der Waals surface area contributed by atoms with E-state index in [2.05, 4.69) is 4.98 Å². The lowest BCUT2D eigenvalue weighted by Crippen LogP contribution is -2.36. The largest absolute Gasteiger partial charge is 0.417 e. The first-order chi connectivity index (χ1) is 10.5. The molecule has 1 aromatic heterocycles. The highest BCUT2D eigenvalue weighted by Gasteiger charge is 2.36. The third kappa shape index (κ3) is 2.56. The number of aryl methyl sites for hydroxylation is 1. The molecular formula is C16H13F3N2O. The maximum atomic E-state index is 13.1. The molecule has 0 N–H and O–H groups in total. The molecule has 114 valence electrons. The third-order valence-electron chi connectivity index (χ3n) is 3.66. The second-order valence-corrected chi connectivity index (χ2v) is 5.07. The van der Waals surface area contributed by atoms with E-state index in [0.29, 0.717) is 18.7 Å². The average molecular weight is 306 g/mol. The Bertz CT molecular complexity index is 713. The second kappa shape index (κ2) is 5.44. The fourth-order valence-electron chi connectivity index (χ4n) is 2.67. The monoisotopic (exact) mass is 306 g/mol. The van der Waals surface area contributed by atoms with Crippen LogP contribution in [0.3, 0.4) is 0 Å². The zero-order valence-corrected chi connectivity index (χ0v) is 11.6. The molecule has 0 bridgehead atoms. The molecule has 1 aromatic carbocycles. The van der Waals surface area contributed by atoms with Gasteiger partial charge >= 0.3 is 6.18 Å². The Kier molecular flexibility index (Phi) is 3.60. The molecule has 1 amide bonds. The van der Waals surface area contributed by atoms with Crippen molar-refractivity contribution >= 4 is 11.6 Å². The molecule has 0 saturated carbocycles. The summed E-state index contributed by atoms with van der Waals surface area (Å²) in [6.07, 6.45) is -1.53. The van der Waals surface area contributed by atoms with Crippen LogP contribution in [0.25, 0.3) is 0 Å². The van der Waals surface area contributed by atoms with E-state index < -0.39 is 17.6 Å². The van der Waals surface area contributed by atoms with Crippen LogP contribution in [-0.2, 0) is 12.6 Å². The van der Waals surface area contributed by atoms with E-state index in [1.54, 1.807) is 18.3 Å². The molecule has 0 spiro atoms. The Morgan fingerprint density at radius 3 is 2.68 bits per heavy atom. The number of benzene rings is 1. The van der Waals surface area contributed by atoms with Gasteiger partial charge in [-0.2, -0.15) is 13.2 Å². The van der Waals surface area contributed by atoms with Crippen molar-refractivity contribution in [2.24, 2.45) is 0 Å². The summed E-state index contributed by atoms with van der Waals surface area (Å²) in [4.78, 5) is 18.2. The molecule has 0 unspecified atom stereocenters. The lowest BCUT2D eigenvalue weighted by Gasteiger charge is -2.29. The lowest BCUT2D eigenvalue weighted by atomic mass is 10.0. The van der Waals surface area contributed by atoms with Crippen molar-refractivity contribution in [2.45, 2.75) is 19.0 Å². The van der Waals surface area contributed by atoms with Gasteiger partial charge in [-0.05, 0) is 37.1 Å². The van der Waals surface area contributed by atoms with Crippen molar-refractivity contribution in [1.82, 2.24) is 4.98 Å². The molecule has 3 rings (SSSR count). The summed E-state index contributed by atoms with van der Waals surface area (Å²) >= 11 is 0. The Morgan fingerprint density at radius 2 is 1.91 bits per heavy atom. The molecule has 0 atom stereocenters. The van der Waals surface area contributed by atoms with Crippen LogP contribution in [0.1, 0.15) is 28.0 Å². The summed E-state index contributed by atoms with van der Waals surface area (Å²) in [5.74, 6) is -0.637. The molecule has 3 nitrogen and oxygen atoms in total. The van der Waals surface area contributed by atoms with Crippen LogP contribution >= 0.6 is 0 Å². The molecule has 2 aromatic rings. The Morgan fingerprint density at radius 1 is 1.14 bits per heavy atom. The fraction of sp³-hybridized carbons (Fsp3) is 0.250. The minimum Gasteiger partial charge on any atom is -0.307 e. The molecule has 0 saturated heterocycles. The molecule has 0 aliphatic carbocycles. The number of hydrogen-bond acceptors (Lipinski definition) is 2. The van der Waals surface area contributed by atoms with E-state index in [-0.39, 0.29) is 5.56 Å². The zero-order valence-electron chi connectivity index (χ0n) is 11.6. The van der Waals surface area contributed by atoms with E-state index in [4.69, 9.17) is 0 Å². The van der Waals surface area contributed by atoms with Crippen molar-refractivity contribution in [3.63, 3.8) is 0 Å². The smallest absolute Gasteiger partial charge is 0.307 e. The number of rotatable bonds is 1. The Balaban J connectivity index is 2.04. The van der Waals surface area contributed by atoms with Crippen LogP contribution in [0, 0.1) is 0 Å². The minimum absolute atomic E-state index is 0.327. The standard InChI is InChI=1S/C16H13F3N2O/c17-16(18,19)12-6-2-1-5-11(12)15(22)21-10-4-7-13-14(21)8-3-9-20-13/h1-3,5-6,8-9H,4,7,10H2. The number of alkyl halides is 3. The maximum Gasteiger partial charge on any atom is 0.417 e. The number of halogens is 3. The summed E-state index contributed by atoms with van der Waals surface area (Å²) in [5.41, 5.74) is 0.102. The first kappa shape index (κ1) is 14.6. The molecule has 2 heterocycles. The molecule has 0 radical (unpaired) electrons. The van der Waals surface area contributed by atoms with Crippen molar-refractivity contribution in [3.05, 3.63) is 59.4 Å². The van der Waals surface area contributed by atoms with Crippen molar-refractivity contribution in [3.8, 4) is 0 Å². The summed E-state index contributed by atoms with van der Waals surface area (Å²) in [7, 11) is 0. The highest BCUT2D eigenvalue weighted by Crippen LogP contribution is 2.34. The van der Waals surface area contributed by atoms with Gasteiger partial charge < -0.3 is 4.90 Å². The molecule has 1 aliphatic heterocycles. The van der Waals surface area contributed by atoms with Crippen LogP contribution in [0.15, 0.2) is 42.6 Å². The number of carbonyl (C=O) groups is 1. The number of nitrogens with zero attached hydrogens (tertiary/aromatic N) is 2. The first-order valence-corrected chi connectivity index (χ1v) is 6.90.